The summed E-state index contributed by atoms with van der Waals surface area (Å²) in [5.41, 5.74) is 0.939. The number of esters is 1. The van der Waals surface area contributed by atoms with Crippen LogP contribution in [0.15, 0.2) is 18.2 Å². The molecule has 1 heterocycles. The van der Waals surface area contributed by atoms with Crippen LogP contribution < -0.4 is 10.1 Å². The largest absolute Gasteiger partial charge is 0.480 e. The van der Waals surface area contributed by atoms with E-state index in [0.29, 0.717) is 43.2 Å². The molecule has 1 atom stereocenters. The van der Waals surface area contributed by atoms with Crippen LogP contribution >= 0.6 is 11.6 Å². The van der Waals surface area contributed by atoms with Gasteiger partial charge in [0.15, 0.2) is 6.10 Å². The van der Waals surface area contributed by atoms with Gasteiger partial charge >= 0.3 is 5.97 Å². The lowest BCUT2D eigenvalue weighted by molar-refractivity contribution is -0.143. The molecule has 0 saturated carbocycles. The molecule has 0 spiro atoms. The Kier molecular flexibility index (Phi) is 5.44. The lowest BCUT2D eigenvalue weighted by atomic mass is 10.1. The third-order valence-corrected chi connectivity index (χ3v) is 3.39. The number of fused-ring (bicyclic) bond motifs is 1. The predicted octanol–water partition coefficient (Wildman–Crippen LogP) is 2.10. The van der Waals surface area contributed by atoms with Crippen molar-refractivity contribution >= 4 is 23.5 Å². The summed E-state index contributed by atoms with van der Waals surface area (Å²) in [7, 11) is 0. The second-order valence-electron chi connectivity index (χ2n) is 4.76. The van der Waals surface area contributed by atoms with Crippen molar-refractivity contribution in [2.45, 2.75) is 32.3 Å². The van der Waals surface area contributed by atoms with Gasteiger partial charge in [0.25, 0.3) is 5.91 Å². The van der Waals surface area contributed by atoms with E-state index in [1.54, 1.807) is 19.1 Å². The van der Waals surface area contributed by atoms with E-state index in [2.05, 4.69) is 5.32 Å². The van der Waals surface area contributed by atoms with Crippen LogP contribution in [0.25, 0.3) is 0 Å². The summed E-state index contributed by atoms with van der Waals surface area (Å²) >= 11 is 5.91. The van der Waals surface area contributed by atoms with Crippen LogP contribution in [-0.2, 0) is 20.7 Å². The number of halogens is 1. The highest BCUT2D eigenvalue weighted by Crippen LogP contribution is 2.31. The molecule has 0 bridgehead atoms. The molecule has 1 aromatic carbocycles. The Morgan fingerprint density at radius 1 is 1.48 bits per heavy atom. The number of rotatable bonds is 6. The standard InChI is InChI=1S/C15H18ClNO4/c1-2-20-14(18)4-3-7-17-15(19)13-9-10-8-11(16)5-6-12(10)21-13/h5-6,8,13H,2-4,7,9H2,1H3,(H,17,19). The van der Waals surface area contributed by atoms with E-state index in [0.717, 1.165) is 5.56 Å². The zero-order valence-corrected chi connectivity index (χ0v) is 12.6. The van der Waals surface area contributed by atoms with Gasteiger partial charge in [-0.1, -0.05) is 11.6 Å². The van der Waals surface area contributed by atoms with E-state index in [1.807, 2.05) is 6.07 Å². The lowest BCUT2D eigenvalue weighted by Crippen LogP contribution is -2.38. The Morgan fingerprint density at radius 3 is 3.05 bits per heavy atom. The maximum absolute atomic E-state index is 12.0. The molecule has 1 aromatic rings. The SMILES string of the molecule is CCOC(=O)CCCNC(=O)C1Cc2cc(Cl)ccc2O1. The molecular weight excluding hydrogens is 294 g/mol. The van der Waals surface area contributed by atoms with Crippen LogP contribution in [0.1, 0.15) is 25.3 Å². The topological polar surface area (TPSA) is 64.6 Å². The molecule has 0 saturated heterocycles. The number of benzene rings is 1. The Labute approximate surface area is 128 Å². The minimum absolute atomic E-state index is 0.175. The fourth-order valence-corrected chi connectivity index (χ4v) is 2.35. The van der Waals surface area contributed by atoms with E-state index in [4.69, 9.17) is 21.1 Å². The first-order valence-corrected chi connectivity index (χ1v) is 7.36. The molecule has 1 aliphatic rings. The van der Waals surface area contributed by atoms with E-state index in [1.165, 1.54) is 0 Å². The molecule has 1 amide bonds. The van der Waals surface area contributed by atoms with Gasteiger partial charge in [0, 0.05) is 24.4 Å². The van der Waals surface area contributed by atoms with Crippen LogP contribution in [-0.4, -0.2) is 31.1 Å². The third-order valence-electron chi connectivity index (χ3n) is 3.15. The van der Waals surface area contributed by atoms with Gasteiger partial charge in [-0.3, -0.25) is 9.59 Å². The second-order valence-corrected chi connectivity index (χ2v) is 5.20. The second kappa shape index (κ2) is 7.31. The van der Waals surface area contributed by atoms with Crippen molar-refractivity contribution in [2.24, 2.45) is 0 Å². The van der Waals surface area contributed by atoms with E-state index in [9.17, 15) is 9.59 Å². The predicted molar refractivity (Wildman–Crippen MR) is 78.4 cm³/mol. The molecule has 6 heteroatoms. The monoisotopic (exact) mass is 311 g/mol. The fraction of sp³-hybridized carbons (Fsp3) is 0.467. The molecule has 21 heavy (non-hydrogen) atoms. The molecule has 114 valence electrons. The average molecular weight is 312 g/mol. The van der Waals surface area contributed by atoms with Crippen LogP contribution in [0, 0.1) is 0 Å². The van der Waals surface area contributed by atoms with Crippen molar-refractivity contribution in [1.29, 1.82) is 0 Å². The minimum Gasteiger partial charge on any atom is -0.480 e. The third kappa shape index (κ3) is 4.36. The summed E-state index contributed by atoms with van der Waals surface area (Å²) in [6.45, 7) is 2.57. The highest BCUT2D eigenvalue weighted by molar-refractivity contribution is 6.30. The lowest BCUT2D eigenvalue weighted by Gasteiger charge is -2.11. The summed E-state index contributed by atoms with van der Waals surface area (Å²) in [5.74, 6) is 0.281. The highest BCUT2D eigenvalue weighted by atomic mass is 35.5. The number of nitrogens with one attached hydrogen (secondary N) is 1. The molecule has 1 aliphatic heterocycles. The Morgan fingerprint density at radius 2 is 2.29 bits per heavy atom. The van der Waals surface area contributed by atoms with Crippen molar-refractivity contribution < 1.29 is 19.1 Å². The van der Waals surface area contributed by atoms with Gasteiger partial charge in [-0.05, 0) is 37.1 Å². The van der Waals surface area contributed by atoms with Gasteiger partial charge in [0.2, 0.25) is 0 Å². The summed E-state index contributed by atoms with van der Waals surface area (Å²) in [5, 5.41) is 3.40. The summed E-state index contributed by atoms with van der Waals surface area (Å²) in [6.07, 6.45) is 0.839. The molecular formula is C15H18ClNO4. The first kappa shape index (κ1) is 15.6. The smallest absolute Gasteiger partial charge is 0.305 e. The molecule has 0 radical (unpaired) electrons. The van der Waals surface area contributed by atoms with E-state index >= 15 is 0 Å². The van der Waals surface area contributed by atoms with Gasteiger partial charge in [-0.25, -0.2) is 0 Å². The van der Waals surface area contributed by atoms with Crippen molar-refractivity contribution in [1.82, 2.24) is 5.32 Å². The zero-order chi connectivity index (χ0) is 15.2. The van der Waals surface area contributed by atoms with Crippen molar-refractivity contribution in [3.63, 3.8) is 0 Å². The molecule has 0 fully saturated rings. The van der Waals surface area contributed by atoms with E-state index in [-0.39, 0.29) is 11.9 Å². The minimum atomic E-state index is -0.527. The molecule has 1 N–H and O–H groups in total. The first-order valence-electron chi connectivity index (χ1n) is 6.98. The number of hydrogen-bond acceptors (Lipinski definition) is 4. The first-order chi connectivity index (χ1) is 10.1. The average Bonchev–Trinajstić information content (AvgIpc) is 2.86. The zero-order valence-electron chi connectivity index (χ0n) is 11.9. The van der Waals surface area contributed by atoms with E-state index < -0.39 is 6.10 Å². The summed E-state index contributed by atoms with van der Waals surface area (Å²) in [4.78, 5) is 23.1. The number of carbonyl (C=O) groups excluding carboxylic acids is 2. The van der Waals surface area contributed by atoms with Gasteiger partial charge < -0.3 is 14.8 Å². The normalized spacial score (nSPS) is 16.0. The number of carbonyl (C=O) groups is 2. The highest BCUT2D eigenvalue weighted by Gasteiger charge is 2.28. The molecule has 2 rings (SSSR count). The number of ether oxygens (including phenoxy) is 2. The van der Waals surface area contributed by atoms with Crippen molar-refractivity contribution in [3.05, 3.63) is 28.8 Å². The van der Waals surface area contributed by atoms with Gasteiger partial charge in [0.05, 0.1) is 6.61 Å². The van der Waals surface area contributed by atoms with Gasteiger partial charge in [0.1, 0.15) is 5.75 Å². The van der Waals surface area contributed by atoms with Crippen LogP contribution in [0.4, 0.5) is 0 Å². The van der Waals surface area contributed by atoms with Gasteiger partial charge in [-0.2, -0.15) is 0 Å². The molecule has 1 unspecified atom stereocenters. The van der Waals surface area contributed by atoms with Crippen molar-refractivity contribution in [3.8, 4) is 5.75 Å². The van der Waals surface area contributed by atoms with Crippen LogP contribution in [0.3, 0.4) is 0 Å². The maximum Gasteiger partial charge on any atom is 0.305 e. The quantitative estimate of drug-likeness (QED) is 0.645. The Hall–Kier alpha value is -1.75. The summed E-state index contributed by atoms with van der Waals surface area (Å²) in [6, 6.07) is 5.32. The maximum atomic E-state index is 12.0. The number of hydrogen-bond donors (Lipinski definition) is 1. The summed E-state index contributed by atoms with van der Waals surface area (Å²) < 4.78 is 10.4. The number of amides is 1. The van der Waals surface area contributed by atoms with Crippen molar-refractivity contribution in [2.75, 3.05) is 13.2 Å². The van der Waals surface area contributed by atoms with Crippen LogP contribution in [0.2, 0.25) is 5.02 Å². The van der Waals surface area contributed by atoms with Gasteiger partial charge in [-0.15, -0.1) is 0 Å². The fourth-order valence-electron chi connectivity index (χ4n) is 2.15. The molecule has 0 aliphatic carbocycles. The van der Waals surface area contributed by atoms with Crippen LogP contribution in [0.5, 0.6) is 5.75 Å². The Bertz CT molecular complexity index is 532. The molecule has 0 aromatic heterocycles. The molecule has 5 nitrogen and oxygen atoms in total. The Balaban J connectivity index is 1.72.